The second-order valence-electron chi connectivity index (χ2n) is 9.98. The molecule has 9 rings (SSSR count). The first kappa shape index (κ1) is 22.4. The first-order chi connectivity index (χ1) is 20.3. The highest BCUT2D eigenvalue weighted by Crippen LogP contribution is 2.41. The predicted molar refractivity (Wildman–Crippen MR) is 167 cm³/mol. The Morgan fingerprint density at radius 3 is 1.88 bits per heavy atom. The molecule has 6 nitrogen and oxygen atoms in total. The van der Waals surface area contributed by atoms with Crippen LogP contribution in [-0.2, 0) is 0 Å². The van der Waals surface area contributed by atoms with Gasteiger partial charge in [0, 0.05) is 43.4 Å². The van der Waals surface area contributed by atoms with Crippen LogP contribution < -0.4 is 0 Å². The molecule has 0 radical (unpaired) electrons. The van der Waals surface area contributed by atoms with Crippen LogP contribution in [0.25, 0.3) is 76.4 Å². The molecule has 0 N–H and O–H groups in total. The lowest BCUT2D eigenvalue weighted by Gasteiger charge is -2.11. The molecule has 0 spiro atoms. The van der Waals surface area contributed by atoms with Gasteiger partial charge in [0.25, 0.3) is 0 Å². The Labute approximate surface area is 237 Å². The van der Waals surface area contributed by atoms with E-state index in [2.05, 4.69) is 88.0 Å². The maximum Gasteiger partial charge on any atom is 0.241 e. The smallest absolute Gasteiger partial charge is 0.241 e. The summed E-state index contributed by atoms with van der Waals surface area (Å²) < 4.78 is 5.46. The number of nitrogens with zero attached hydrogens (tertiary/aromatic N) is 6. The molecule has 0 aliphatic heterocycles. The minimum absolute atomic E-state index is 0.543. The van der Waals surface area contributed by atoms with Crippen LogP contribution in [0.5, 0.6) is 0 Å². The maximum atomic E-state index is 5.18. The van der Waals surface area contributed by atoms with Crippen LogP contribution in [0, 0.1) is 0 Å². The number of hydrogen-bond acceptors (Lipinski definition) is 5. The van der Waals surface area contributed by atoms with Crippen molar-refractivity contribution in [2.24, 2.45) is 0 Å². The number of hydrogen-bond donors (Lipinski definition) is 0. The van der Waals surface area contributed by atoms with Crippen LogP contribution in [0.1, 0.15) is 0 Å². The van der Waals surface area contributed by atoms with E-state index in [9.17, 15) is 0 Å². The number of fused-ring (bicyclic) bond motifs is 8. The van der Waals surface area contributed by atoms with E-state index in [0.717, 1.165) is 43.2 Å². The van der Waals surface area contributed by atoms with Gasteiger partial charge in [-0.2, -0.15) is 15.0 Å². The second-order valence-corrected chi connectivity index (χ2v) is 11.0. The Bertz CT molecular complexity index is 2380. The minimum Gasteiger partial charge on any atom is -0.278 e. The van der Waals surface area contributed by atoms with Gasteiger partial charge in [0.1, 0.15) is 10.5 Å². The molecule has 7 heteroatoms. The second kappa shape index (κ2) is 8.55. The number of para-hydroxylation sites is 2. The standard InChI is InChI=1S/C34H20N6S/c1-2-11-21(12-3-1)30-36-33(39-26-17-7-4-13-22(26)23-14-5-8-18-27(23)39)38-34(37-30)40-31-25(16-10-20-35-31)29-24-15-6-9-19-28(24)41-32(29)40/h1-20H. The van der Waals surface area contributed by atoms with Gasteiger partial charge in [-0.25, -0.2) is 4.98 Å². The highest BCUT2D eigenvalue weighted by Gasteiger charge is 2.22. The third-order valence-electron chi connectivity index (χ3n) is 7.67. The number of aromatic nitrogens is 6. The summed E-state index contributed by atoms with van der Waals surface area (Å²) in [6, 6.07) is 39.5. The highest BCUT2D eigenvalue weighted by molar-refractivity contribution is 7.25. The van der Waals surface area contributed by atoms with Crippen molar-refractivity contribution in [2.45, 2.75) is 0 Å². The summed E-state index contributed by atoms with van der Waals surface area (Å²) in [5.41, 5.74) is 3.85. The Morgan fingerprint density at radius 1 is 0.512 bits per heavy atom. The van der Waals surface area contributed by atoms with Crippen molar-refractivity contribution in [2.75, 3.05) is 0 Å². The molecule has 0 unspecified atom stereocenters. The molecule has 0 aliphatic rings. The molecule has 0 atom stereocenters. The molecule has 0 amide bonds. The van der Waals surface area contributed by atoms with Crippen LogP contribution in [-0.4, -0.2) is 29.1 Å². The lowest BCUT2D eigenvalue weighted by atomic mass is 10.1. The molecule has 0 fully saturated rings. The lowest BCUT2D eigenvalue weighted by molar-refractivity contribution is 0.890. The monoisotopic (exact) mass is 544 g/mol. The van der Waals surface area contributed by atoms with Crippen LogP contribution in [0.2, 0.25) is 0 Å². The minimum atomic E-state index is 0.543. The van der Waals surface area contributed by atoms with E-state index in [-0.39, 0.29) is 0 Å². The molecule has 0 saturated carbocycles. The third-order valence-corrected chi connectivity index (χ3v) is 8.83. The van der Waals surface area contributed by atoms with Gasteiger partial charge in [-0.05, 0) is 30.3 Å². The predicted octanol–water partition coefficient (Wildman–Crippen LogP) is 8.34. The van der Waals surface area contributed by atoms with E-state index in [1.54, 1.807) is 11.3 Å². The summed E-state index contributed by atoms with van der Waals surface area (Å²) >= 11 is 1.73. The van der Waals surface area contributed by atoms with Gasteiger partial charge >= 0.3 is 0 Å². The van der Waals surface area contributed by atoms with Gasteiger partial charge in [-0.1, -0.05) is 84.9 Å². The zero-order valence-electron chi connectivity index (χ0n) is 21.6. The van der Waals surface area contributed by atoms with Gasteiger partial charge < -0.3 is 0 Å². The molecule has 192 valence electrons. The van der Waals surface area contributed by atoms with Crippen molar-refractivity contribution in [3.8, 4) is 23.3 Å². The SMILES string of the molecule is c1ccc(-c2nc(-n3c4ccccc4c4ccccc43)nc(-n3c4ncccc4c4c5ccccc5sc43)n2)cc1. The van der Waals surface area contributed by atoms with Gasteiger partial charge in [-0.3, -0.25) is 9.13 Å². The van der Waals surface area contributed by atoms with E-state index in [1.165, 1.54) is 15.5 Å². The Balaban J connectivity index is 1.43. The van der Waals surface area contributed by atoms with Gasteiger partial charge in [0.05, 0.1) is 11.0 Å². The molecule has 0 aliphatic carbocycles. The molecule has 0 saturated heterocycles. The fourth-order valence-corrected chi connectivity index (χ4v) is 7.13. The number of rotatable bonds is 3. The van der Waals surface area contributed by atoms with Crippen molar-refractivity contribution in [3.05, 3.63) is 121 Å². The Hall–Kier alpha value is -5.40. The van der Waals surface area contributed by atoms with Gasteiger partial charge in [0.2, 0.25) is 11.9 Å². The molecule has 41 heavy (non-hydrogen) atoms. The normalized spacial score (nSPS) is 11.9. The first-order valence-electron chi connectivity index (χ1n) is 13.4. The summed E-state index contributed by atoms with van der Waals surface area (Å²) in [6.45, 7) is 0. The Morgan fingerprint density at radius 2 is 1.12 bits per heavy atom. The zero-order valence-corrected chi connectivity index (χ0v) is 22.5. The Kier molecular flexibility index (Phi) is 4.67. The van der Waals surface area contributed by atoms with Crippen molar-refractivity contribution >= 4 is 64.5 Å². The molecular weight excluding hydrogens is 524 g/mol. The number of benzene rings is 4. The molecular formula is C34H20N6S. The van der Waals surface area contributed by atoms with E-state index in [1.807, 2.05) is 42.6 Å². The van der Waals surface area contributed by atoms with Crippen molar-refractivity contribution < 1.29 is 0 Å². The summed E-state index contributed by atoms with van der Waals surface area (Å²) in [4.78, 5) is 21.2. The van der Waals surface area contributed by atoms with E-state index >= 15 is 0 Å². The maximum absolute atomic E-state index is 5.18. The number of thiophene rings is 1. The summed E-state index contributed by atoms with van der Waals surface area (Å²) in [6.07, 6.45) is 1.83. The molecule has 5 aromatic heterocycles. The molecule has 4 aromatic carbocycles. The highest BCUT2D eigenvalue weighted by atomic mass is 32.1. The van der Waals surface area contributed by atoms with Crippen LogP contribution in [0.4, 0.5) is 0 Å². The van der Waals surface area contributed by atoms with Crippen molar-refractivity contribution in [1.29, 1.82) is 0 Å². The first-order valence-corrected chi connectivity index (χ1v) is 14.2. The van der Waals surface area contributed by atoms with Crippen LogP contribution in [0.3, 0.4) is 0 Å². The van der Waals surface area contributed by atoms with Crippen LogP contribution >= 0.6 is 11.3 Å². The van der Waals surface area contributed by atoms with E-state index in [0.29, 0.717) is 17.7 Å². The quantitative estimate of drug-likeness (QED) is 0.224. The average Bonchev–Trinajstić information content (AvgIpc) is 3.68. The van der Waals surface area contributed by atoms with E-state index < -0.39 is 0 Å². The average molecular weight is 545 g/mol. The summed E-state index contributed by atoms with van der Waals surface area (Å²) in [5.74, 6) is 1.72. The fraction of sp³-hybridized carbons (Fsp3) is 0. The summed E-state index contributed by atoms with van der Waals surface area (Å²) in [7, 11) is 0. The lowest BCUT2D eigenvalue weighted by Crippen LogP contribution is -2.10. The number of pyridine rings is 1. The molecule has 5 heterocycles. The van der Waals surface area contributed by atoms with Gasteiger partial charge in [0.15, 0.2) is 5.82 Å². The fourth-order valence-electron chi connectivity index (χ4n) is 5.91. The van der Waals surface area contributed by atoms with Crippen LogP contribution in [0.15, 0.2) is 121 Å². The largest absolute Gasteiger partial charge is 0.278 e. The van der Waals surface area contributed by atoms with Gasteiger partial charge in [-0.15, -0.1) is 11.3 Å². The topological polar surface area (TPSA) is 61.4 Å². The van der Waals surface area contributed by atoms with E-state index in [4.69, 9.17) is 19.9 Å². The zero-order chi connectivity index (χ0) is 26.9. The molecule has 9 aromatic rings. The van der Waals surface area contributed by atoms with Crippen molar-refractivity contribution in [3.63, 3.8) is 0 Å². The van der Waals surface area contributed by atoms with Crippen molar-refractivity contribution in [1.82, 2.24) is 29.1 Å². The summed E-state index contributed by atoms with van der Waals surface area (Å²) in [5, 5.41) is 5.79. The third kappa shape index (κ3) is 3.24. The molecule has 0 bridgehead atoms.